The van der Waals surface area contributed by atoms with E-state index in [1.807, 2.05) is 6.92 Å². The lowest BCUT2D eigenvalue weighted by atomic mass is 10.2. The van der Waals surface area contributed by atoms with Crippen LogP contribution in [0.1, 0.15) is 28.9 Å². The number of hydrogen-bond acceptors (Lipinski definition) is 5. The van der Waals surface area contributed by atoms with Crippen LogP contribution in [0.4, 0.5) is 0 Å². The fourth-order valence-electron chi connectivity index (χ4n) is 1.77. The minimum atomic E-state index is -0.224. The molecule has 0 aliphatic carbocycles. The lowest BCUT2D eigenvalue weighted by molar-refractivity contribution is 0.0702. The zero-order chi connectivity index (χ0) is 14.4. The fourth-order valence-corrected chi connectivity index (χ4v) is 1.77. The number of rotatable bonds is 6. The normalized spacial score (nSPS) is 10.5. The van der Waals surface area contributed by atoms with Crippen LogP contribution in [0, 0.1) is 0 Å². The van der Waals surface area contributed by atoms with Crippen molar-refractivity contribution in [2.75, 3.05) is 13.2 Å². The lowest BCUT2D eigenvalue weighted by Gasteiger charge is -2.20. The molecule has 0 saturated heterocycles. The third-order valence-electron chi connectivity index (χ3n) is 2.82. The molecule has 2 rings (SSSR count). The predicted molar refractivity (Wildman–Crippen MR) is 71.8 cm³/mol. The molecule has 0 fully saturated rings. The molecule has 0 aliphatic heterocycles. The van der Waals surface area contributed by atoms with Crippen LogP contribution in [-0.4, -0.2) is 49.0 Å². The first-order valence-electron chi connectivity index (χ1n) is 6.44. The van der Waals surface area contributed by atoms with E-state index in [1.54, 1.807) is 12.4 Å². The number of nitrogens with zero attached hydrogens (tertiary/aromatic N) is 4. The van der Waals surface area contributed by atoms with Gasteiger partial charge in [-0.05, 0) is 0 Å². The molecule has 20 heavy (non-hydrogen) atoms. The Morgan fingerprint density at radius 2 is 2.10 bits per heavy atom. The Bertz CT molecular complexity index is 538. The zero-order valence-electron chi connectivity index (χ0n) is 11.3. The van der Waals surface area contributed by atoms with Crippen molar-refractivity contribution < 1.29 is 9.90 Å². The summed E-state index contributed by atoms with van der Waals surface area (Å²) < 4.78 is 0. The number of H-pyrrole nitrogens is 1. The standard InChI is InChI=1S/C13H17N5O2/c1-2-11-16-7-10(8-17-11)13(20)18(5-6-19)9-12-14-3-4-15-12/h3-4,7-8,19H,2,5-6,9H2,1H3,(H,14,15). The molecular weight excluding hydrogens is 258 g/mol. The SMILES string of the molecule is CCc1ncc(C(=O)N(CCO)Cc2ncc[nH]2)cn1. The molecule has 0 radical (unpaired) electrons. The minimum Gasteiger partial charge on any atom is -0.395 e. The summed E-state index contributed by atoms with van der Waals surface area (Å²) >= 11 is 0. The summed E-state index contributed by atoms with van der Waals surface area (Å²) in [6.07, 6.45) is 7.06. The summed E-state index contributed by atoms with van der Waals surface area (Å²) in [5.74, 6) is 1.14. The number of aromatic amines is 1. The number of amides is 1. The first-order valence-corrected chi connectivity index (χ1v) is 6.44. The van der Waals surface area contributed by atoms with E-state index >= 15 is 0 Å². The second-order valence-electron chi connectivity index (χ2n) is 4.23. The van der Waals surface area contributed by atoms with Crippen molar-refractivity contribution in [1.82, 2.24) is 24.8 Å². The summed E-state index contributed by atoms with van der Waals surface area (Å²) in [5.41, 5.74) is 0.405. The number of carbonyl (C=O) groups excluding carboxylic acids is 1. The predicted octanol–water partition coefficient (Wildman–Crippen LogP) is 0.397. The van der Waals surface area contributed by atoms with Crippen molar-refractivity contribution in [2.45, 2.75) is 19.9 Å². The Morgan fingerprint density at radius 1 is 1.35 bits per heavy atom. The maximum absolute atomic E-state index is 12.4. The highest BCUT2D eigenvalue weighted by Crippen LogP contribution is 2.06. The van der Waals surface area contributed by atoms with Gasteiger partial charge >= 0.3 is 0 Å². The third-order valence-corrected chi connectivity index (χ3v) is 2.82. The van der Waals surface area contributed by atoms with Crippen molar-refractivity contribution in [3.05, 3.63) is 42.0 Å². The van der Waals surface area contributed by atoms with E-state index in [0.717, 1.165) is 6.42 Å². The summed E-state index contributed by atoms with van der Waals surface area (Å²) in [6.45, 7) is 2.38. The Balaban J connectivity index is 2.12. The van der Waals surface area contributed by atoms with Gasteiger partial charge in [-0.15, -0.1) is 0 Å². The zero-order valence-corrected chi connectivity index (χ0v) is 11.3. The number of imidazole rings is 1. The maximum atomic E-state index is 12.4. The van der Waals surface area contributed by atoms with Gasteiger partial charge in [0.2, 0.25) is 0 Å². The average molecular weight is 275 g/mol. The van der Waals surface area contributed by atoms with Crippen LogP contribution in [0.2, 0.25) is 0 Å². The number of hydrogen-bond donors (Lipinski definition) is 2. The molecule has 0 saturated carbocycles. The van der Waals surface area contributed by atoms with E-state index in [-0.39, 0.29) is 19.1 Å². The van der Waals surface area contributed by atoms with Gasteiger partial charge < -0.3 is 15.0 Å². The van der Waals surface area contributed by atoms with Gasteiger partial charge in [0, 0.05) is 37.8 Å². The van der Waals surface area contributed by atoms with E-state index in [2.05, 4.69) is 19.9 Å². The minimum absolute atomic E-state index is 0.111. The highest BCUT2D eigenvalue weighted by atomic mass is 16.3. The smallest absolute Gasteiger partial charge is 0.257 e. The van der Waals surface area contributed by atoms with Crippen LogP contribution >= 0.6 is 0 Å². The molecule has 2 aromatic heterocycles. The average Bonchev–Trinajstić information content (AvgIpc) is 2.99. The van der Waals surface area contributed by atoms with Crippen molar-refractivity contribution >= 4 is 5.91 Å². The topological polar surface area (TPSA) is 95.0 Å². The summed E-state index contributed by atoms with van der Waals surface area (Å²) in [5, 5.41) is 9.09. The van der Waals surface area contributed by atoms with E-state index in [9.17, 15) is 4.79 Å². The molecule has 7 heteroatoms. The molecule has 7 nitrogen and oxygen atoms in total. The van der Waals surface area contributed by atoms with Gasteiger partial charge in [-0.2, -0.15) is 0 Å². The second-order valence-corrected chi connectivity index (χ2v) is 4.23. The van der Waals surface area contributed by atoms with Crippen LogP contribution in [0.5, 0.6) is 0 Å². The number of aryl methyl sites for hydroxylation is 1. The van der Waals surface area contributed by atoms with Crippen molar-refractivity contribution in [1.29, 1.82) is 0 Å². The van der Waals surface area contributed by atoms with Crippen molar-refractivity contribution in [3.63, 3.8) is 0 Å². The van der Waals surface area contributed by atoms with Crippen LogP contribution in [0.15, 0.2) is 24.8 Å². The molecule has 2 N–H and O–H groups in total. The number of aliphatic hydroxyl groups is 1. The first kappa shape index (κ1) is 14.1. The van der Waals surface area contributed by atoms with Crippen LogP contribution < -0.4 is 0 Å². The number of carbonyl (C=O) groups is 1. The number of nitrogens with one attached hydrogen (secondary N) is 1. The quantitative estimate of drug-likeness (QED) is 0.795. The number of aromatic nitrogens is 4. The summed E-state index contributed by atoms with van der Waals surface area (Å²) in [6, 6.07) is 0. The highest BCUT2D eigenvalue weighted by Gasteiger charge is 2.17. The van der Waals surface area contributed by atoms with Crippen LogP contribution in [0.25, 0.3) is 0 Å². The van der Waals surface area contributed by atoms with Gasteiger partial charge in [0.05, 0.1) is 18.7 Å². The molecule has 0 spiro atoms. The fraction of sp³-hybridized carbons (Fsp3) is 0.385. The molecule has 106 valence electrons. The summed E-state index contributed by atoms with van der Waals surface area (Å²) in [4.78, 5) is 29.1. The Morgan fingerprint density at radius 3 is 2.65 bits per heavy atom. The molecule has 0 unspecified atom stereocenters. The van der Waals surface area contributed by atoms with Gasteiger partial charge in [0.15, 0.2) is 0 Å². The molecule has 2 aromatic rings. The van der Waals surface area contributed by atoms with E-state index in [1.165, 1.54) is 17.3 Å². The summed E-state index contributed by atoms with van der Waals surface area (Å²) in [7, 11) is 0. The molecular formula is C13H17N5O2. The van der Waals surface area contributed by atoms with Gasteiger partial charge in [-0.25, -0.2) is 15.0 Å². The van der Waals surface area contributed by atoms with Crippen LogP contribution in [-0.2, 0) is 13.0 Å². The van der Waals surface area contributed by atoms with Gasteiger partial charge in [-0.3, -0.25) is 4.79 Å². The van der Waals surface area contributed by atoms with Gasteiger partial charge in [-0.1, -0.05) is 6.92 Å². The molecule has 0 bridgehead atoms. The first-order chi connectivity index (χ1) is 9.74. The van der Waals surface area contributed by atoms with Gasteiger partial charge in [0.1, 0.15) is 11.6 Å². The Hall–Kier alpha value is -2.28. The Labute approximate surface area is 116 Å². The number of aliphatic hydroxyl groups excluding tert-OH is 1. The lowest BCUT2D eigenvalue weighted by Crippen LogP contribution is -2.33. The van der Waals surface area contributed by atoms with E-state index in [0.29, 0.717) is 23.8 Å². The van der Waals surface area contributed by atoms with Crippen molar-refractivity contribution in [3.8, 4) is 0 Å². The van der Waals surface area contributed by atoms with Crippen molar-refractivity contribution in [2.24, 2.45) is 0 Å². The van der Waals surface area contributed by atoms with E-state index < -0.39 is 0 Å². The molecule has 2 heterocycles. The monoisotopic (exact) mass is 275 g/mol. The molecule has 0 aromatic carbocycles. The molecule has 1 amide bonds. The Kier molecular flexibility index (Phi) is 4.78. The molecule has 0 atom stereocenters. The van der Waals surface area contributed by atoms with Gasteiger partial charge in [0.25, 0.3) is 5.91 Å². The second kappa shape index (κ2) is 6.76. The maximum Gasteiger partial charge on any atom is 0.257 e. The third kappa shape index (κ3) is 3.39. The van der Waals surface area contributed by atoms with E-state index in [4.69, 9.17) is 5.11 Å². The highest BCUT2D eigenvalue weighted by molar-refractivity contribution is 5.93. The van der Waals surface area contributed by atoms with Crippen LogP contribution in [0.3, 0.4) is 0 Å². The molecule has 0 aliphatic rings. The largest absolute Gasteiger partial charge is 0.395 e.